The van der Waals surface area contributed by atoms with Gasteiger partial charge in [-0.2, -0.15) is 0 Å². The van der Waals surface area contributed by atoms with E-state index in [1.165, 1.54) is 116 Å². The van der Waals surface area contributed by atoms with E-state index in [1.54, 1.807) is 0 Å². The lowest BCUT2D eigenvalue weighted by Gasteiger charge is -2.18. The molecule has 0 unspecified atom stereocenters. The van der Waals surface area contributed by atoms with Gasteiger partial charge in [-0.25, -0.2) is 0 Å². The monoisotopic (exact) mass is 905 g/mol. The highest BCUT2D eigenvalue weighted by molar-refractivity contribution is 5.71. The van der Waals surface area contributed by atoms with Gasteiger partial charge in [-0.3, -0.25) is 14.4 Å². The summed E-state index contributed by atoms with van der Waals surface area (Å²) in [5, 5.41) is 0. The van der Waals surface area contributed by atoms with E-state index >= 15 is 0 Å². The Morgan fingerprint density at radius 3 is 1.00 bits per heavy atom. The average molecular weight is 905 g/mol. The molecule has 6 heteroatoms. The molecule has 0 radical (unpaired) electrons. The maximum atomic E-state index is 12.8. The van der Waals surface area contributed by atoms with Gasteiger partial charge in [0.25, 0.3) is 0 Å². The van der Waals surface area contributed by atoms with Crippen molar-refractivity contribution < 1.29 is 28.6 Å². The molecule has 0 aromatic rings. The van der Waals surface area contributed by atoms with Gasteiger partial charge in [0.15, 0.2) is 6.10 Å². The van der Waals surface area contributed by atoms with Crippen molar-refractivity contribution in [1.29, 1.82) is 0 Å². The first kappa shape index (κ1) is 61.6. The molecule has 0 aliphatic heterocycles. The zero-order valence-electron chi connectivity index (χ0n) is 42.5. The molecule has 0 bridgehead atoms. The molecule has 0 aromatic carbocycles. The third kappa shape index (κ3) is 51.4. The van der Waals surface area contributed by atoms with E-state index in [1.807, 2.05) is 12.2 Å². The fourth-order valence-electron chi connectivity index (χ4n) is 7.35. The van der Waals surface area contributed by atoms with Crippen LogP contribution in [0, 0.1) is 0 Å². The number of unbranched alkanes of at least 4 members (excludes halogenated alkanes) is 23. The summed E-state index contributed by atoms with van der Waals surface area (Å²) in [6.07, 6.45) is 68.6. The zero-order chi connectivity index (χ0) is 47.2. The van der Waals surface area contributed by atoms with Crippen molar-refractivity contribution in [2.24, 2.45) is 0 Å². The average Bonchev–Trinajstić information content (AvgIpc) is 3.30. The molecule has 0 amide bonds. The SMILES string of the molecule is CC/C=C\C/C=C\C/C=C\C/C=C\C/C=C\C/C=C\CCC(=O)O[C@H](COC(=O)CCCCCCC/C=C\CCCCCCCC)COC(=O)CCCCCCCCCCCCCCC. The molecule has 0 aliphatic carbocycles. The topological polar surface area (TPSA) is 78.9 Å². The molecular formula is C59H100O6. The lowest BCUT2D eigenvalue weighted by atomic mass is 10.0. The fourth-order valence-corrected chi connectivity index (χ4v) is 7.35. The van der Waals surface area contributed by atoms with Crippen LogP contribution in [-0.2, 0) is 28.6 Å². The van der Waals surface area contributed by atoms with Crippen LogP contribution in [0.4, 0.5) is 0 Å². The Morgan fingerprint density at radius 2 is 0.631 bits per heavy atom. The third-order valence-electron chi connectivity index (χ3n) is 11.4. The maximum absolute atomic E-state index is 12.8. The Hall–Kier alpha value is -3.41. The van der Waals surface area contributed by atoms with Gasteiger partial charge in [0, 0.05) is 19.3 Å². The highest BCUT2D eigenvalue weighted by atomic mass is 16.6. The second kappa shape index (κ2) is 53.2. The molecule has 1 atom stereocenters. The standard InChI is InChI=1S/C59H100O6/c1-4-7-10-13-16-19-22-25-27-28-29-30-32-35-38-41-44-47-50-53-59(62)65-56(54-63-57(60)51-48-45-42-39-36-33-24-21-18-15-12-9-6-3)55-64-58(61)52-49-46-43-40-37-34-31-26-23-20-17-14-11-8-5-2/h7,10,16,19,25-27,29-31,35,38,44,47,56H,4-6,8-9,11-15,17-18,20-24,28,32-34,36-37,39-43,45-46,48-55H2,1-3H3/b10-7-,19-16-,27-25-,30-29-,31-26-,38-35-,47-44-/t56-/m0/s1. The molecule has 0 rings (SSSR count). The van der Waals surface area contributed by atoms with E-state index in [-0.39, 0.29) is 31.6 Å². The molecule has 0 N–H and O–H groups in total. The van der Waals surface area contributed by atoms with E-state index < -0.39 is 12.1 Å². The maximum Gasteiger partial charge on any atom is 0.306 e. The summed E-state index contributed by atoms with van der Waals surface area (Å²) in [7, 11) is 0. The van der Waals surface area contributed by atoms with Crippen LogP contribution in [0.3, 0.4) is 0 Å². The minimum Gasteiger partial charge on any atom is -0.462 e. The highest BCUT2D eigenvalue weighted by Crippen LogP contribution is 2.15. The van der Waals surface area contributed by atoms with Crippen LogP contribution in [0.15, 0.2) is 85.1 Å². The van der Waals surface area contributed by atoms with Gasteiger partial charge in [-0.15, -0.1) is 0 Å². The first-order valence-electron chi connectivity index (χ1n) is 27.1. The molecule has 372 valence electrons. The summed E-state index contributed by atoms with van der Waals surface area (Å²) in [6, 6.07) is 0. The fraction of sp³-hybridized carbons (Fsp3) is 0.712. The van der Waals surface area contributed by atoms with Crippen LogP contribution >= 0.6 is 0 Å². The van der Waals surface area contributed by atoms with Crippen LogP contribution in [0.25, 0.3) is 0 Å². The lowest BCUT2D eigenvalue weighted by Crippen LogP contribution is -2.30. The first-order chi connectivity index (χ1) is 32.0. The van der Waals surface area contributed by atoms with Crippen molar-refractivity contribution in [3.05, 3.63) is 85.1 Å². The van der Waals surface area contributed by atoms with Crippen LogP contribution in [0.5, 0.6) is 0 Å². The molecule has 0 spiro atoms. The minimum absolute atomic E-state index is 0.108. The van der Waals surface area contributed by atoms with Crippen molar-refractivity contribution in [2.45, 2.75) is 258 Å². The largest absolute Gasteiger partial charge is 0.462 e. The number of allylic oxidation sites excluding steroid dienone is 14. The summed E-state index contributed by atoms with van der Waals surface area (Å²) >= 11 is 0. The lowest BCUT2D eigenvalue weighted by molar-refractivity contribution is -0.166. The Morgan fingerprint density at radius 1 is 0.323 bits per heavy atom. The molecule has 65 heavy (non-hydrogen) atoms. The predicted molar refractivity (Wildman–Crippen MR) is 279 cm³/mol. The number of carbonyl (C=O) groups is 3. The summed E-state index contributed by atoms with van der Waals surface area (Å²) in [4.78, 5) is 38.0. The normalized spacial score (nSPS) is 12.7. The number of hydrogen-bond donors (Lipinski definition) is 0. The second-order valence-corrected chi connectivity index (χ2v) is 17.8. The van der Waals surface area contributed by atoms with Crippen molar-refractivity contribution in [2.75, 3.05) is 13.2 Å². The number of hydrogen-bond acceptors (Lipinski definition) is 6. The predicted octanol–water partition coefficient (Wildman–Crippen LogP) is 18.0. The van der Waals surface area contributed by atoms with Crippen LogP contribution in [0.2, 0.25) is 0 Å². The van der Waals surface area contributed by atoms with Crippen molar-refractivity contribution in [3.8, 4) is 0 Å². The van der Waals surface area contributed by atoms with Crippen LogP contribution < -0.4 is 0 Å². The Kier molecular flexibility index (Phi) is 50.4. The van der Waals surface area contributed by atoms with E-state index in [4.69, 9.17) is 14.2 Å². The number of esters is 3. The molecule has 0 aliphatic rings. The van der Waals surface area contributed by atoms with E-state index in [0.717, 1.165) is 89.9 Å². The summed E-state index contributed by atoms with van der Waals surface area (Å²) in [5.74, 6) is -0.998. The zero-order valence-corrected chi connectivity index (χ0v) is 42.5. The molecule has 0 saturated carbocycles. The molecule has 0 fully saturated rings. The summed E-state index contributed by atoms with van der Waals surface area (Å²) < 4.78 is 16.7. The van der Waals surface area contributed by atoms with E-state index in [9.17, 15) is 14.4 Å². The smallest absolute Gasteiger partial charge is 0.306 e. The Labute approximate surface area is 401 Å². The molecule has 0 heterocycles. The molecule has 0 saturated heterocycles. The third-order valence-corrected chi connectivity index (χ3v) is 11.4. The van der Waals surface area contributed by atoms with Gasteiger partial charge in [0.2, 0.25) is 0 Å². The number of ether oxygens (including phenoxy) is 3. The Balaban J connectivity index is 4.51. The summed E-state index contributed by atoms with van der Waals surface area (Å²) in [5.41, 5.74) is 0. The van der Waals surface area contributed by atoms with Gasteiger partial charge in [-0.1, -0.05) is 234 Å². The van der Waals surface area contributed by atoms with Gasteiger partial charge >= 0.3 is 17.9 Å². The van der Waals surface area contributed by atoms with Crippen molar-refractivity contribution in [3.63, 3.8) is 0 Å². The Bertz CT molecular complexity index is 1270. The van der Waals surface area contributed by atoms with Gasteiger partial charge < -0.3 is 14.2 Å². The summed E-state index contributed by atoms with van der Waals surface area (Å²) in [6.45, 7) is 6.45. The quantitative estimate of drug-likeness (QED) is 0.0262. The minimum atomic E-state index is -0.818. The van der Waals surface area contributed by atoms with Crippen molar-refractivity contribution >= 4 is 17.9 Å². The molecule has 6 nitrogen and oxygen atoms in total. The number of carbonyl (C=O) groups excluding carboxylic acids is 3. The van der Waals surface area contributed by atoms with E-state index in [0.29, 0.717) is 19.3 Å². The first-order valence-corrected chi connectivity index (χ1v) is 27.1. The number of rotatable bonds is 48. The van der Waals surface area contributed by atoms with Gasteiger partial charge in [0.05, 0.1) is 0 Å². The highest BCUT2D eigenvalue weighted by Gasteiger charge is 2.19. The van der Waals surface area contributed by atoms with Gasteiger partial charge in [0.1, 0.15) is 13.2 Å². The van der Waals surface area contributed by atoms with Crippen LogP contribution in [0.1, 0.15) is 252 Å². The second-order valence-electron chi connectivity index (χ2n) is 17.8. The molecular weight excluding hydrogens is 805 g/mol. The van der Waals surface area contributed by atoms with E-state index in [2.05, 4.69) is 93.7 Å². The molecule has 0 aromatic heterocycles. The van der Waals surface area contributed by atoms with Gasteiger partial charge in [-0.05, 0) is 83.5 Å². The van der Waals surface area contributed by atoms with Crippen molar-refractivity contribution in [1.82, 2.24) is 0 Å². The van der Waals surface area contributed by atoms with Crippen LogP contribution in [-0.4, -0.2) is 37.2 Å².